The third kappa shape index (κ3) is 4.79. The van der Waals surface area contributed by atoms with E-state index in [0.717, 1.165) is 0 Å². The molecule has 1 N–H and O–H groups in total. The lowest BCUT2D eigenvalue weighted by Gasteiger charge is -2.31. The second-order valence-electron chi connectivity index (χ2n) is 7.68. The molecule has 1 aromatic heterocycles. The van der Waals surface area contributed by atoms with Crippen molar-refractivity contribution < 1.29 is 22.1 Å². The summed E-state index contributed by atoms with van der Waals surface area (Å²) >= 11 is 0. The number of benzene rings is 1. The fourth-order valence-corrected chi connectivity index (χ4v) is 5.25. The van der Waals surface area contributed by atoms with Crippen LogP contribution in [0.3, 0.4) is 0 Å². The van der Waals surface area contributed by atoms with E-state index < -0.39 is 21.8 Å². The molecule has 1 fully saturated rings. The number of aromatic nitrogens is 1. The topological polar surface area (TPSA) is 92.5 Å². The normalized spacial score (nSPS) is 18.2. The maximum Gasteiger partial charge on any atom is 0.248 e. The zero-order chi connectivity index (χ0) is 21.9. The summed E-state index contributed by atoms with van der Waals surface area (Å²) in [5, 5.41) is 6.65. The van der Waals surface area contributed by atoms with Crippen molar-refractivity contribution in [2.24, 2.45) is 5.92 Å². The standard InChI is InChI=1S/C21H26FN3O4S/c1-14(2)23-21(26)17-8-6-12-25(13-17)30(27,28)20-15(3)24-29-19(20)11-10-16-7-4-5-9-18(16)22/h4-5,7,9-11,14,17H,6,8,12-13H2,1-3H3,(H,23,26)/b11-10+. The van der Waals surface area contributed by atoms with Gasteiger partial charge in [-0.3, -0.25) is 4.79 Å². The fourth-order valence-electron chi connectivity index (χ4n) is 3.48. The molecule has 162 valence electrons. The van der Waals surface area contributed by atoms with Crippen LogP contribution in [0.5, 0.6) is 0 Å². The van der Waals surface area contributed by atoms with Crippen LogP contribution in [0.1, 0.15) is 43.7 Å². The van der Waals surface area contributed by atoms with Crippen LogP contribution in [-0.4, -0.2) is 42.9 Å². The van der Waals surface area contributed by atoms with Crippen LogP contribution >= 0.6 is 0 Å². The molecule has 0 aliphatic carbocycles. The Morgan fingerprint density at radius 3 is 2.77 bits per heavy atom. The number of nitrogens with zero attached hydrogens (tertiary/aromatic N) is 2. The van der Waals surface area contributed by atoms with Gasteiger partial charge in [0.1, 0.15) is 11.5 Å². The average Bonchev–Trinajstić information content (AvgIpc) is 3.08. The molecule has 1 saturated heterocycles. The summed E-state index contributed by atoms with van der Waals surface area (Å²) in [6.07, 6.45) is 4.06. The quantitative estimate of drug-likeness (QED) is 0.752. The first-order chi connectivity index (χ1) is 14.2. The second kappa shape index (κ2) is 9.09. The maximum atomic E-state index is 13.9. The highest BCUT2D eigenvalue weighted by Crippen LogP contribution is 2.29. The molecule has 2 heterocycles. The van der Waals surface area contributed by atoms with Crippen molar-refractivity contribution in [3.05, 3.63) is 47.1 Å². The molecular formula is C21H26FN3O4S. The van der Waals surface area contributed by atoms with Crippen LogP contribution in [-0.2, 0) is 14.8 Å². The number of piperidine rings is 1. The number of amides is 1. The summed E-state index contributed by atoms with van der Waals surface area (Å²) in [5.74, 6) is -0.950. The minimum Gasteiger partial charge on any atom is -0.355 e. The summed E-state index contributed by atoms with van der Waals surface area (Å²) in [6.45, 7) is 5.69. The molecule has 7 nitrogen and oxygen atoms in total. The van der Waals surface area contributed by atoms with Crippen LogP contribution < -0.4 is 5.32 Å². The molecule has 0 spiro atoms. The van der Waals surface area contributed by atoms with Gasteiger partial charge in [0.2, 0.25) is 15.9 Å². The van der Waals surface area contributed by atoms with E-state index in [1.807, 2.05) is 13.8 Å². The molecule has 9 heteroatoms. The molecule has 1 unspecified atom stereocenters. The Kier molecular flexibility index (Phi) is 6.72. The molecule has 3 rings (SSSR count). The van der Waals surface area contributed by atoms with Gasteiger partial charge in [-0.2, -0.15) is 4.31 Å². The fraction of sp³-hybridized carbons (Fsp3) is 0.429. The maximum absolute atomic E-state index is 13.9. The lowest BCUT2D eigenvalue weighted by molar-refractivity contribution is -0.126. The molecule has 0 bridgehead atoms. The number of hydrogen-bond acceptors (Lipinski definition) is 5. The minimum atomic E-state index is -3.94. The number of halogens is 1. The van der Waals surface area contributed by atoms with Crippen molar-refractivity contribution >= 4 is 28.1 Å². The van der Waals surface area contributed by atoms with E-state index in [0.29, 0.717) is 24.9 Å². The van der Waals surface area contributed by atoms with E-state index in [9.17, 15) is 17.6 Å². The van der Waals surface area contributed by atoms with E-state index in [1.54, 1.807) is 25.1 Å². The Hall–Kier alpha value is -2.52. The third-order valence-electron chi connectivity index (χ3n) is 4.94. The third-order valence-corrected chi connectivity index (χ3v) is 6.96. The zero-order valence-electron chi connectivity index (χ0n) is 17.3. The lowest BCUT2D eigenvalue weighted by atomic mass is 9.98. The van der Waals surface area contributed by atoms with Crippen LogP contribution in [0.4, 0.5) is 4.39 Å². The SMILES string of the molecule is Cc1noc(/C=C/c2ccccc2F)c1S(=O)(=O)N1CCCC(C(=O)NC(C)C)C1. The van der Waals surface area contributed by atoms with Crippen molar-refractivity contribution in [1.29, 1.82) is 0 Å². The average molecular weight is 436 g/mol. The van der Waals surface area contributed by atoms with Gasteiger partial charge in [0.25, 0.3) is 0 Å². The molecule has 1 aromatic carbocycles. The number of nitrogens with one attached hydrogen (secondary N) is 1. The molecule has 2 aromatic rings. The van der Waals surface area contributed by atoms with E-state index in [2.05, 4.69) is 10.5 Å². The van der Waals surface area contributed by atoms with Crippen molar-refractivity contribution in [3.63, 3.8) is 0 Å². The second-order valence-corrected chi connectivity index (χ2v) is 9.56. The molecule has 1 atom stereocenters. The van der Waals surface area contributed by atoms with E-state index in [1.165, 1.54) is 22.5 Å². The van der Waals surface area contributed by atoms with E-state index in [4.69, 9.17) is 4.52 Å². The zero-order valence-corrected chi connectivity index (χ0v) is 18.1. The van der Waals surface area contributed by atoms with Gasteiger partial charge < -0.3 is 9.84 Å². The molecular weight excluding hydrogens is 409 g/mol. The van der Waals surface area contributed by atoms with E-state index >= 15 is 0 Å². The lowest BCUT2D eigenvalue weighted by Crippen LogP contribution is -2.46. The van der Waals surface area contributed by atoms with Crippen LogP contribution in [0, 0.1) is 18.7 Å². The van der Waals surface area contributed by atoms with Gasteiger partial charge >= 0.3 is 0 Å². The highest BCUT2D eigenvalue weighted by Gasteiger charge is 2.37. The number of hydrogen-bond donors (Lipinski definition) is 1. The Balaban J connectivity index is 1.87. The van der Waals surface area contributed by atoms with Gasteiger partial charge in [0.05, 0.1) is 5.92 Å². The predicted molar refractivity (Wildman–Crippen MR) is 111 cm³/mol. The van der Waals surface area contributed by atoms with Gasteiger partial charge in [-0.25, -0.2) is 12.8 Å². The minimum absolute atomic E-state index is 0.0140. The molecule has 30 heavy (non-hydrogen) atoms. The Morgan fingerprint density at radius 2 is 2.07 bits per heavy atom. The number of carbonyl (C=O) groups is 1. The van der Waals surface area contributed by atoms with Gasteiger partial charge in [-0.1, -0.05) is 23.4 Å². The largest absolute Gasteiger partial charge is 0.355 e. The number of carbonyl (C=O) groups excluding carboxylic acids is 1. The van der Waals surface area contributed by atoms with Gasteiger partial charge in [0.15, 0.2) is 10.7 Å². The van der Waals surface area contributed by atoms with Crippen LogP contribution in [0.25, 0.3) is 12.2 Å². The summed E-state index contributed by atoms with van der Waals surface area (Å²) in [4.78, 5) is 12.3. The first-order valence-corrected chi connectivity index (χ1v) is 11.3. The summed E-state index contributed by atoms with van der Waals surface area (Å²) in [6, 6.07) is 6.14. The molecule has 0 saturated carbocycles. The van der Waals surface area contributed by atoms with Crippen molar-refractivity contribution in [2.75, 3.05) is 13.1 Å². The van der Waals surface area contributed by atoms with E-state index in [-0.39, 0.29) is 34.8 Å². The first-order valence-electron chi connectivity index (χ1n) is 9.89. The summed E-state index contributed by atoms with van der Waals surface area (Å²) in [5.41, 5.74) is 0.523. The van der Waals surface area contributed by atoms with Crippen molar-refractivity contribution in [2.45, 2.75) is 44.6 Å². The predicted octanol–water partition coefficient (Wildman–Crippen LogP) is 3.22. The number of rotatable bonds is 6. The Morgan fingerprint density at radius 1 is 1.33 bits per heavy atom. The van der Waals surface area contributed by atoms with Crippen molar-refractivity contribution in [1.82, 2.24) is 14.8 Å². The highest BCUT2D eigenvalue weighted by molar-refractivity contribution is 7.89. The Labute approximate surface area is 176 Å². The smallest absolute Gasteiger partial charge is 0.248 e. The monoisotopic (exact) mass is 435 g/mol. The summed E-state index contributed by atoms with van der Waals surface area (Å²) in [7, 11) is -3.94. The first kappa shape index (κ1) is 22.2. The number of aryl methyl sites for hydroxylation is 1. The molecule has 1 aliphatic rings. The van der Waals surface area contributed by atoms with Gasteiger partial charge in [-0.15, -0.1) is 0 Å². The molecule has 1 aliphatic heterocycles. The Bertz CT molecular complexity index is 1050. The van der Waals surface area contributed by atoms with Gasteiger partial charge in [0, 0.05) is 24.7 Å². The van der Waals surface area contributed by atoms with Crippen LogP contribution in [0.15, 0.2) is 33.7 Å². The van der Waals surface area contributed by atoms with Crippen LogP contribution in [0.2, 0.25) is 0 Å². The van der Waals surface area contributed by atoms with Crippen molar-refractivity contribution in [3.8, 4) is 0 Å². The number of sulfonamides is 1. The molecule has 1 amide bonds. The summed E-state index contributed by atoms with van der Waals surface area (Å²) < 4.78 is 47.1. The molecule has 0 radical (unpaired) electrons. The van der Waals surface area contributed by atoms with Gasteiger partial charge in [-0.05, 0) is 51.8 Å². The highest BCUT2D eigenvalue weighted by atomic mass is 32.2.